The first-order valence-corrected chi connectivity index (χ1v) is 13.7. The molecular formula is C27H31N5OS2. The van der Waals surface area contributed by atoms with Gasteiger partial charge in [0.1, 0.15) is 4.91 Å². The molecule has 0 atom stereocenters. The summed E-state index contributed by atoms with van der Waals surface area (Å²) in [5.41, 5.74) is 2.90. The van der Waals surface area contributed by atoms with Crippen LogP contribution in [0.3, 0.4) is 0 Å². The number of rotatable bonds is 4. The smallest absolute Gasteiger partial charge is 0.269 e. The molecule has 5 rings (SSSR count). The molecule has 3 aliphatic rings. The van der Waals surface area contributed by atoms with Crippen molar-refractivity contribution in [1.82, 2.24) is 4.90 Å². The van der Waals surface area contributed by atoms with Crippen LogP contribution >= 0.6 is 23.5 Å². The number of nitrogens with zero attached hydrogens (tertiary/aromatic N) is 3. The molecular weight excluding hydrogens is 474 g/mol. The van der Waals surface area contributed by atoms with E-state index in [-0.39, 0.29) is 5.91 Å². The predicted octanol–water partition coefficient (Wildman–Crippen LogP) is 6.48. The molecule has 6 nitrogen and oxygen atoms in total. The van der Waals surface area contributed by atoms with Gasteiger partial charge in [0.25, 0.3) is 5.91 Å². The van der Waals surface area contributed by atoms with Gasteiger partial charge in [0.2, 0.25) is 0 Å². The van der Waals surface area contributed by atoms with Crippen LogP contribution in [0, 0.1) is 22.7 Å². The molecule has 0 spiro atoms. The number of nitrogens with one attached hydrogen (secondary N) is 2. The summed E-state index contributed by atoms with van der Waals surface area (Å²) >= 11 is 2.95. The van der Waals surface area contributed by atoms with Gasteiger partial charge in [-0.3, -0.25) is 15.1 Å². The van der Waals surface area contributed by atoms with E-state index < -0.39 is 0 Å². The maximum absolute atomic E-state index is 12.9. The fraction of sp³-hybridized carbons (Fsp3) is 0.370. The van der Waals surface area contributed by atoms with E-state index in [1.807, 2.05) is 38.2 Å². The van der Waals surface area contributed by atoms with Gasteiger partial charge in [-0.25, -0.2) is 0 Å². The Hall–Kier alpha value is -2.89. The number of amidine groups is 1. The molecule has 182 valence electrons. The van der Waals surface area contributed by atoms with Gasteiger partial charge in [-0.2, -0.15) is 5.26 Å². The first-order chi connectivity index (χ1) is 17.0. The number of benzene rings is 2. The number of amides is 1. The van der Waals surface area contributed by atoms with E-state index >= 15 is 0 Å². The van der Waals surface area contributed by atoms with Crippen LogP contribution < -0.4 is 10.2 Å². The average molecular weight is 506 g/mol. The normalized spacial score (nSPS) is 19.8. The van der Waals surface area contributed by atoms with Gasteiger partial charge in [0, 0.05) is 30.7 Å². The molecule has 2 fully saturated rings. The highest BCUT2D eigenvalue weighted by Crippen LogP contribution is 2.49. The van der Waals surface area contributed by atoms with Crippen LogP contribution in [0.1, 0.15) is 44.6 Å². The minimum absolute atomic E-state index is 0.0118. The van der Waals surface area contributed by atoms with E-state index in [2.05, 4.69) is 28.4 Å². The zero-order chi connectivity index (χ0) is 24.8. The van der Waals surface area contributed by atoms with Crippen molar-refractivity contribution in [2.24, 2.45) is 5.92 Å². The van der Waals surface area contributed by atoms with Gasteiger partial charge in [0.15, 0.2) is 5.17 Å². The Balaban J connectivity index is 0.000000221. The van der Waals surface area contributed by atoms with Crippen LogP contribution in [0.4, 0.5) is 11.4 Å². The van der Waals surface area contributed by atoms with E-state index in [1.54, 1.807) is 28.8 Å². The van der Waals surface area contributed by atoms with Gasteiger partial charge in [0.05, 0.1) is 22.3 Å². The zero-order valence-corrected chi connectivity index (χ0v) is 21.8. The number of para-hydroxylation sites is 1. The molecule has 2 aliphatic heterocycles. The largest absolute Gasteiger partial charge is 0.385 e. The van der Waals surface area contributed by atoms with Crippen LogP contribution in [-0.4, -0.2) is 36.1 Å². The summed E-state index contributed by atoms with van der Waals surface area (Å²) in [6.07, 6.45) is 6.21. The van der Waals surface area contributed by atoms with Crippen LogP contribution in [0.15, 0.2) is 63.4 Å². The Bertz CT molecular complexity index is 1150. The molecule has 1 saturated carbocycles. The molecule has 1 amide bonds. The molecule has 2 heterocycles. The van der Waals surface area contributed by atoms with Gasteiger partial charge < -0.3 is 10.2 Å². The summed E-state index contributed by atoms with van der Waals surface area (Å²) in [5, 5.41) is 21.3. The standard InChI is InChI=1S/C18H21N3OS2.C9H10N2/c1-20-13-9-5-6-10-14(13)23-17(20)15-16(22)21(18(19)24-15)11-12-7-3-2-4-8-12;1-2-11-9-5-3-8(7-10)4-6-9/h5-6,9-10,12,19H,2-4,7-8,11H2,1H3;3-6,11H,2H2,1H3/b17-15-,19-18?;. The van der Waals surface area contributed by atoms with Crippen LogP contribution in [0.5, 0.6) is 0 Å². The van der Waals surface area contributed by atoms with Crippen molar-refractivity contribution in [2.75, 3.05) is 30.4 Å². The van der Waals surface area contributed by atoms with Crippen molar-refractivity contribution < 1.29 is 4.79 Å². The average Bonchev–Trinajstić information content (AvgIpc) is 3.37. The number of hydrogen-bond donors (Lipinski definition) is 2. The summed E-state index contributed by atoms with van der Waals surface area (Å²) in [6.45, 7) is 3.66. The van der Waals surface area contributed by atoms with Crippen LogP contribution in [0.25, 0.3) is 0 Å². The zero-order valence-electron chi connectivity index (χ0n) is 20.2. The van der Waals surface area contributed by atoms with E-state index in [1.165, 1.54) is 48.8 Å². The lowest BCUT2D eigenvalue weighted by Crippen LogP contribution is -2.34. The highest BCUT2D eigenvalue weighted by atomic mass is 32.2. The first-order valence-electron chi connectivity index (χ1n) is 12.1. The van der Waals surface area contributed by atoms with Gasteiger partial charge in [-0.05, 0) is 73.8 Å². The number of anilines is 2. The van der Waals surface area contributed by atoms with Gasteiger partial charge in [-0.1, -0.05) is 43.2 Å². The summed E-state index contributed by atoms with van der Waals surface area (Å²) in [5.74, 6) is 0.567. The fourth-order valence-corrected chi connectivity index (χ4v) is 6.72. The topological polar surface area (TPSA) is 83.2 Å². The maximum atomic E-state index is 12.9. The highest BCUT2D eigenvalue weighted by Gasteiger charge is 2.39. The number of fused-ring (bicyclic) bond motifs is 1. The van der Waals surface area contributed by atoms with Crippen molar-refractivity contribution in [2.45, 2.75) is 43.9 Å². The molecule has 0 aromatic heterocycles. The van der Waals surface area contributed by atoms with Crippen molar-refractivity contribution in [3.05, 3.63) is 64.0 Å². The first kappa shape index (κ1) is 25.2. The summed E-state index contributed by atoms with van der Waals surface area (Å²) in [7, 11) is 2.00. The molecule has 1 aliphatic carbocycles. The minimum atomic E-state index is 0.0118. The summed E-state index contributed by atoms with van der Waals surface area (Å²) in [6, 6.07) is 17.7. The van der Waals surface area contributed by atoms with Gasteiger partial charge >= 0.3 is 0 Å². The molecule has 0 unspecified atom stereocenters. The third kappa shape index (κ3) is 5.85. The summed E-state index contributed by atoms with van der Waals surface area (Å²) in [4.78, 5) is 18.6. The number of thioether (sulfide) groups is 2. The third-order valence-corrected chi connectivity index (χ3v) is 8.73. The Morgan fingerprint density at radius 3 is 2.46 bits per heavy atom. The monoisotopic (exact) mass is 505 g/mol. The van der Waals surface area contributed by atoms with Crippen molar-refractivity contribution in [3.63, 3.8) is 0 Å². The van der Waals surface area contributed by atoms with Crippen molar-refractivity contribution >= 4 is 46.0 Å². The lowest BCUT2D eigenvalue weighted by Gasteiger charge is -2.26. The van der Waals surface area contributed by atoms with E-state index in [9.17, 15) is 4.79 Å². The van der Waals surface area contributed by atoms with Crippen LogP contribution in [0.2, 0.25) is 0 Å². The Morgan fingerprint density at radius 1 is 1.09 bits per heavy atom. The van der Waals surface area contributed by atoms with Crippen molar-refractivity contribution in [3.8, 4) is 6.07 Å². The lowest BCUT2D eigenvalue weighted by atomic mass is 9.89. The third-order valence-electron chi connectivity index (χ3n) is 6.38. The lowest BCUT2D eigenvalue weighted by molar-refractivity contribution is -0.122. The van der Waals surface area contributed by atoms with E-state index in [0.29, 0.717) is 28.1 Å². The molecule has 1 saturated heterocycles. The van der Waals surface area contributed by atoms with E-state index in [0.717, 1.165) is 22.9 Å². The number of hydrogen-bond acceptors (Lipinski definition) is 7. The molecule has 2 aromatic rings. The summed E-state index contributed by atoms with van der Waals surface area (Å²) < 4.78 is 0. The maximum Gasteiger partial charge on any atom is 0.269 e. The Kier molecular flexibility index (Phi) is 8.42. The van der Waals surface area contributed by atoms with Crippen LogP contribution in [-0.2, 0) is 4.79 Å². The SMILES string of the molecule is CCNc1ccc(C#N)cc1.CN1/C(=C2/SC(=N)N(CC3CCCCC3)C2=O)Sc2ccccc21. The van der Waals surface area contributed by atoms with Gasteiger partial charge in [-0.15, -0.1) is 0 Å². The molecule has 0 radical (unpaired) electrons. The van der Waals surface area contributed by atoms with Crippen molar-refractivity contribution in [1.29, 1.82) is 10.7 Å². The number of carbonyl (C=O) groups excluding carboxylic acids is 1. The second kappa shape index (κ2) is 11.7. The predicted molar refractivity (Wildman–Crippen MR) is 147 cm³/mol. The molecule has 2 N–H and O–H groups in total. The second-order valence-electron chi connectivity index (χ2n) is 8.81. The Morgan fingerprint density at radius 2 is 1.80 bits per heavy atom. The molecule has 35 heavy (non-hydrogen) atoms. The fourth-order valence-electron chi connectivity index (χ4n) is 4.51. The highest BCUT2D eigenvalue weighted by molar-refractivity contribution is 8.19. The number of carbonyl (C=O) groups is 1. The van der Waals surface area contributed by atoms with E-state index in [4.69, 9.17) is 10.7 Å². The Labute approximate surface area is 216 Å². The quantitative estimate of drug-likeness (QED) is 0.463. The number of nitriles is 1. The minimum Gasteiger partial charge on any atom is -0.385 e. The molecule has 8 heteroatoms. The molecule has 0 bridgehead atoms. The second-order valence-corrected chi connectivity index (χ2v) is 10.8. The molecule has 2 aromatic carbocycles.